The van der Waals surface area contributed by atoms with E-state index in [1.54, 1.807) is 0 Å². The van der Waals surface area contributed by atoms with Crippen molar-refractivity contribution in [3.05, 3.63) is 23.8 Å². The summed E-state index contributed by atoms with van der Waals surface area (Å²) in [5, 5.41) is 20.2. The van der Waals surface area contributed by atoms with Gasteiger partial charge in [-0.1, -0.05) is 0 Å². The Balaban J connectivity index is 1.49. The van der Waals surface area contributed by atoms with Crippen molar-refractivity contribution in [3.8, 4) is 0 Å². The average molecular weight is 396 g/mol. The Hall–Kier alpha value is -2.92. The van der Waals surface area contributed by atoms with Crippen molar-refractivity contribution in [3.63, 3.8) is 0 Å². The first-order valence-electron chi connectivity index (χ1n) is 9.05. The van der Waals surface area contributed by atoms with Crippen LogP contribution in [0.25, 0.3) is 0 Å². The van der Waals surface area contributed by atoms with E-state index in [9.17, 15) is 18.4 Å². The third-order valence-corrected chi connectivity index (χ3v) is 4.69. The highest BCUT2D eigenvalue weighted by molar-refractivity contribution is 5.92. The second kappa shape index (κ2) is 8.85. The number of hydrogen-bond acceptors (Lipinski definition) is 6. The molecule has 1 saturated carbocycles. The zero-order valence-corrected chi connectivity index (χ0v) is 15.4. The molecule has 2 amide bonds. The minimum atomic E-state index is -2.73. The Labute approximate surface area is 159 Å². The molecule has 0 radical (unpaired) electrons. The normalized spacial score (nSPS) is 19.6. The van der Waals surface area contributed by atoms with Gasteiger partial charge in [-0.05, 0) is 42.2 Å². The van der Waals surface area contributed by atoms with Gasteiger partial charge in [-0.25, -0.2) is 13.5 Å². The maximum Gasteiger partial charge on any atom is 0.282 e. The number of carbonyl (C=O) groups excluding carboxylic acids is 2. The molecule has 2 aromatic rings. The summed E-state index contributed by atoms with van der Waals surface area (Å²) >= 11 is 0. The summed E-state index contributed by atoms with van der Waals surface area (Å²) in [7, 11) is 1.45. The van der Waals surface area contributed by atoms with E-state index in [-0.39, 0.29) is 30.1 Å². The standard InChI is InChI=1S/C16H22F2N8O2/c1-25-13(8-12(22-25)15(17)18)16(28)21-11-4-2-3-10(7-11)20-14(27)5-6-26-9-19-23-24-26/h8-11,15H,2-7H2,1H3,(H,20,27)(H,21,28)/t10-,11-/m1/s1. The van der Waals surface area contributed by atoms with E-state index in [2.05, 4.69) is 31.3 Å². The Morgan fingerprint density at radius 1 is 1.29 bits per heavy atom. The lowest BCUT2D eigenvalue weighted by molar-refractivity contribution is -0.122. The third-order valence-electron chi connectivity index (χ3n) is 4.69. The molecule has 2 atom stereocenters. The number of rotatable bonds is 7. The zero-order valence-electron chi connectivity index (χ0n) is 15.4. The summed E-state index contributed by atoms with van der Waals surface area (Å²) in [5.41, 5.74) is -0.341. The lowest BCUT2D eigenvalue weighted by atomic mass is 9.90. The predicted octanol–water partition coefficient (Wildman–Crippen LogP) is 0.592. The number of halogens is 2. The van der Waals surface area contributed by atoms with E-state index < -0.39 is 18.0 Å². The maximum atomic E-state index is 12.7. The molecule has 1 aliphatic carbocycles. The van der Waals surface area contributed by atoms with Crippen LogP contribution in [-0.2, 0) is 18.4 Å². The molecule has 12 heteroatoms. The van der Waals surface area contributed by atoms with Crippen molar-refractivity contribution in [2.75, 3.05) is 0 Å². The number of nitrogens with one attached hydrogen (secondary N) is 2. The van der Waals surface area contributed by atoms with E-state index in [1.165, 1.54) is 18.1 Å². The van der Waals surface area contributed by atoms with Crippen LogP contribution in [0.1, 0.15) is 54.7 Å². The summed E-state index contributed by atoms with van der Waals surface area (Å²) in [4.78, 5) is 24.5. The van der Waals surface area contributed by atoms with Gasteiger partial charge in [0.1, 0.15) is 17.7 Å². The number of aryl methyl sites for hydroxylation is 2. The van der Waals surface area contributed by atoms with Crippen LogP contribution in [0.5, 0.6) is 0 Å². The van der Waals surface area contributed by atoms with Gasteiger partial charge in [-0.15, -0.1) is 5.10 Å². The van der Waals surface area contributed by atoms with Gasteiger partial charge in [0.15, 0.2) is 0 Å². The monoisotopic (exact) mass is 396 g/mol. The highest BCUT2D eigenvalue weighted by atomic mass is 19.3. The van der Waals surface area contributed by atoms with Gasteiger partial charge in [0.2, 0.25) is 5.91 Å². The number of alkyl halides is 2. The van der Waals surface area contributed by atoms with Crippen LogP contribution in [0.2, 0.25) is 0 Å². The van der Waals surface area contributed by atoms with Crippen molar-refractivity contribution in [2.45, 2.75) is 57.2 Å². The fourth-order valence-electron chi connectivity index (χ4n) is 3.32. The number of aromatic nitrogens is 6. The van der Waals surface area contributed by atoms with Gasteiger partial charge in [-0.2, -0.15) is 5.10 Å². The quantitative estimate of drug-likeness (QED) is 0.707. The molecule has 2 aromatic heterocycles. The van der Waals surface area contributed by atoms with Crippen LogP contribution in [0.15, 0.2) is 12.4 Å². The van der Waals surface area contributed by atoms with Crippen LogP contribution < -0.4 is 10.6 Å². The van der Waals surface area contributed by atoms with Gasteiger partial charge >= 0.3 is 0 Å². The molecule has 2 heterocycles. The molecule has 0 aliphatic heterocycles. The molecule has 0 bridgehead atoms. The lowest BCUT2D eigenvalue weighted by Crippen LogP contribution is -2.46. The molecule has 2 N–H and O–H groups in total. The molecule has 28 heavy (non-hydrogen) atoms. The lowest BCUT2D eigenvalue weighted by Gasteiger charge is -2.30. The molecule has 10 nitrogen and oxygen atoms in total. The summed E-state index contributed by atoms with van der Waals surface area (Å²) in [6.07, 6.45) is 1.99. The van der Waals surface area contributed by atoms with E-state index in [4.69, 9.17) is 0 Å². The van der Waals surface area contributed by atoms with Crippen molar-refractivity contribution >= 4 is 11.8 Å². The van der Waals surface area contributed by atoms with Crippen LogP contribution in [0.4, 0.5) is 8.78 Å². The smallest absolute Gasteiger partial charge is 0.282 e. The average Bonchev–Trinajstić information content (AvgIpc) is 3.30. The first-order chi connectivity index (χ1) is 13.4. The number of carbonyl (C=O) groups is 2. The minimum Gasteiger partial charge on any atom is -0.353 e. The molecule has 1 aliphatic rings. The molecule has 3 rings (SSSR count). The second-order valence-electron chi connectivity index (χ2n) is 6.80. The van der Waals surface area contributed by atoms with Gasteiger partial charge in [0.05, 0.1) is 6.54 Å². The molecule has 0 unspecified atom stereocenters. The second-order valence-corrected chi connectivity index (χ2v) is 6.80. The van der Waals surface area contributed by atoms with Crippen LogP contribution >= 0.6 is 0 Å². The third kappa shape index (κ3) is 5.08. The molecule has 1 fully saturated rings. The Morgan fingerprint density at radius 3 is 2.68 bits per heavy atom. The fraction of sp³-hybridized carbons (Fsp3) is 0.625. The number of amides is 2. The van der Waals surface area contributed by atoms with Gasteiger partial charge in [0, 0.05) is 25.6 Å². The number of tetrazole rings is 1. The zero-order chi connectivity index (χ0) is 20.1. The van der Waals surface area contributed by atoms with Crippen molar-refractivity contribution < 1.29 is 18.4 Å². The van der Waals surface area contributed by atoms with Crippen LogP contribution in [0.3, 0.4) is 0 Å². The van der Waals surface area contributed by atoms with E-state index in [0.717, 1.165) is 30.0 Å². The highest BCUT2D eigenvalue weighted by Crippen LogP contribution is 2.21. The van der Waals surface area contributed by atoms with Crippen molar-refractivity contribution in [1.29, 1.82) is 0 Å². The number of hydrogen-bond donors (Lipinski definition) is 2. The van der Waals surface area contributed by atoms with Crippen molar-refractivity contribution in [1.82, 2.24) is 40.6 Å². The van der Waals surface area contributed by atoms with Gasteiger partial charge in [-0.3, -0.25) is 14.3 Å². The van der Waals surface area contributed by atoms with E-state index >= 15 is 0 Å². The van der Waals surface area contributed by atoms with E-state index in [0.29, 0.717) is 13.0 Å². The molecule has 0 aromatic carbocycles. The predicted molar refractivity (Wildman–Crippen MR) is 92.3 cm³/mol. The largest absolute Gasteiger partial charge is 0.353 e. The molecule has 152 valence electrons. The van der Waals surface area contributed by atoms with Crippen LogP contribution in [-0.4, -0.2) is 53.9 Å². The van der Waals surface area contributed by atoms with Gasteiger partial charge in [0.25, 0.3) is 12.3 Å². The molecular formula is C16H22F2N8O2. The summed E-state index contributed by atoms with van der Waals surface area (Å²) in [6.45, 7) is 0.388. The Kier molecular flexibility index (Phi) is 6.26. The molecule has 0 saturated heterocycles. The summed E-state index contributed by atoms with van der Waals surface area (Å²) in [5.74, 6) is -0.557. The number of nitrogens with zero attached hydrogens (tertiary/aromatic N) is 6. The molecule has 0 spiro atoms. The maximum absolute atomic E-state index is 12.7. The summed E-state index contributed by atoms with van der Waals surface area (Å²) < 4.78 is 28.1. The van der Waals surface area contributed by atoms with Crippen LogP contribution in [0, 0.1) is 0 Å². The fourth-order valence-corrected chi connectivity index (χ4v) is 3.32. The van der Waals surface area contributed by atoms with E-state index in [1.807, 2.05) is 0 Å². The molecular weight excluding hydrogens is 374 g/mol. The highest BCUT2D eigenvalue weighted by Gasteiger charge is 2.26. The minimum absolute atomic E-state index is 0.0522. The van der Waals surface area contributed by atoms with Crippen molar-refractivity contribution in [2.24, 2.45) is 7.05 Å². The Morgan fingerprint density at radius 2 is 2.04 bits per heavy atom. The topological polar surface area (TPSA) is 120 Å². The first-order valence-corrected chi connectivity index (χ1v) is 9.05. The van der Waals surface area contributed by atoms with Gasteiger partial charge < -0.3 is 10.6 Å². The Bertz CT molecular complexity index is 808. The SMILES string of the molecule is Cn1nc(C(F)F)cc1C(=O)N[C@@H]1CCC[C@@H](NC(=O)CCn2cnnn2)C1. The summed E-state index contributed by atoms with van der Waals surface area (Å²) in [6, 6.07) is 0.903. The first kappa shape index (κ1) is 19.8.